The van der Waals surface area contributed by atoms with Gasteiger partial charge in [0.2, 0.25) is 0 Å². The van der Waals surface area contributed by atoms with Crippen molar-refractivity contribution in [3.8, 4) is 5.75 Å². The first-order chi connectivity index (χ1) is 9.95. The maximum Gasteiger partial charge on any atom is 0.305 e. The van der Waals surface area contributed by atoms with Gasteiger partial charge in [-0.15, -0.1) is 0 Å². The van der Waals surface area contributed by atoms with Crippen LogP contribution in [-0.4, -0.2) is 29.1 Å². The molecule has 2 atom stereocenters. The number of carboxylic acids is 1. The third-order valence-electron chi connectivity index (χ3n) is 3.62. The number of nitrogens with one attached hydrogen (secondary N) is 1. The van der Waals surface area contributed by atoms with E-state index in [1.165, 1.54) is 0 Å². The number of benzene rings is 1. The van der Waals surface area contributed by atoms with Gasteiger partial charge in [-0.2, -0.15) is 0 Å². The average Bonchev–Trinajstić information content (AvgIpc) is 3.24. The first-order valence-corrected chi connectivity index (χ1v) is 7.21. The van der Waals surface area contributed by atoms with Gasteiger partial charge in [0, 0.05) is 6.04 Å². The van der Waals surface area contributed by atoms with Crippen molar-refractivity contribution in [3.63, 3.8) is 0 Å². The third-order valence-corrected chi connectivity index (χ3v) is 3.62. The highest BCUT2D eigenvalue weighted by Crippen LogP contribution is 2.34. The lowest BCUT2D eigenvalue weighted by Crippen LogP contribution is -2.44. The highest BCUT2D eigenvalue weighted by Gasteiger charge is 2.34. The van der Waals surface area contributed by atoms with Gasteiger partial charge in [-0.3, -0.25) is 9.59 Å². The molecule has 2 N–H and O–H groups in total. The summed E-state index contributed by atoms with van der Waals surface area (Å²) < 4.78 is 5.58. The Kier molecular flexibility index (Phi) is 4.83. The minimum Gasteiger partial charge on any atom is -0.481 e. The fourth-order valence-corrected chi connectivity index (χ4v) is 2.20. The predicted molar refractivity (Wildman–Crippen MR) is 78.2 cm³/mol. The fraction of sp³-hybridized carbons (Fsp3) is 0.500. The van der Waals surface area contributed by atoms with E-state index in [-0.39, 0.29) is 24.3 Å². The van der Waals surface area contributed by atoms with Gasteiger partial charge in [0.1, 0.15) is 5.75 Å². The minimum atomic E-state index is -0.890. The molecule has 1 aromatic rings. The lowest BCUT2D eigenvalue weighted by Gasteiger charge is -2.20. The molecule has 1 saturated carbocycles. The molecule has 0 heterocycles. The summed E-state index contributed by atoms with van der Waals surface area (Å²) >= 11 is 0. The molecule has 0 bridgehead atoms. The zero-order chi connectivity index (χ0) is 15.4. The van der Waals surface area contributed by atoms with Gasteiger partial charge in [-0.25, -0.2) is 0 Å². The molecule has 0 spiro atoms. The van der Waals surface area contributed by atoms with Crippen LogP contribution in [0, 0.1) is 12.8 Å². The van der Waals surface area contributed by atoms with E-state index in [1.54, 1.807) is 6.92 Å². The van der Waals surface area contributed by atoms with E-state index in [0.29, 0.717) is 5.75 Å². The van der Waals surface area contributed by atoms with Crippen molar-refractivity contribution < 1.29 is 19.4 Å². The predicted octanol–water partition coefficient (Wildman–Crippen LogP) is 2.13. The number of hydrogen-bond donors (Lipinski definition) is 2. The number of amides is 1. The smallest absolute Gasteiger partial charge is 0.305 e. The first kappa shape index (κ1) is 15.4. The summed E-state index contributed by atoms with van der Waals surface area (Å²) in [6.07, 6.45) is 1.27. The monoisotopic (exact) mass is 291 g/mol. The SMILES string of the molecule is Cc1ccc(OC(C)C(=O)NC(CC(=O)O)C2CC2)cc1. The van der Waals surface area contributed by atoms with E-state index in [9.17, 15) is 9.59 Å². The standard InChI is InChI=1S/C16H21NO4/c1-10-3-7-13(8-4-10)21-11(2)16(20)17-14(9-15(18)19)12-5-6-12/h3-4,7-8,11-12,14H,5-6,9H2,1-2H3,(H,17,20)(H,18,19). The maximum absolute atomic E-state index is 12.1. The molecule has 1 aliphatic rings. The van der Waals surface area contributed by atoms with E-state index in [0.717, 1.165) is 18.4 Å². The Morgan fingerprint density at radius 3 is 2.48 bits per heavy atom. The molecule has 0 aliphatic heterocycles. The molecule has 5 heteroatoms. The number of aryl methyl sites for hydroxylation is 1. The van der Waals surface area contributed by atoms with E-state index < -0.39 is 12.1 Å². The molecular formula is C16H21NO4. The Morgan fingerprint density at radius 1 is 1.33 bits per heavy atom. The van der Waals surface area contributed by atoms with Crippen molar-refractivity contribution in [2.75, 3.05) is 0 Å². The Balaban J connectivity index is 1.88. The van der Waals surface area contributed by atoms with Crippen LogP contribution in [0.2, 0.25) is 0 Å². The van der Waals surface area contributed by atoms with Crippen molar-refractivity contribution in [2.24, 2.45) is 5.92 Å². The summed E-state index contributed by atoms with van der Waals surface area (Å²) in [6, 6.07) is 7.16. The normalized spacial score (nSPS) is 16.9. The molecule has 0 aromatic heterocycles. The van der Waals surface area contributed by atoms with Gasteiger partial charge in [0.15, 0.2) is 6.10 Å². The number of aliphatic carboxylic acids is 1. The Morgan fingerprint density at radius 2 is 1.95 bits per heavy atom. The van der Waals surface area contributed by atoms with E-state index in [2.05, 4.69) is 5.32 Å². The summed E-state index contributed by atoms with van der Waals surface area (Å²) in [6.45, 7) is 3.64. The summed E-state index contributed by atoms with van der Waals surface area (Å²) in [4.78, 5) is 22.9. The molecule has 21 heavy (non-hydrogen) atoms. The van der Waals surface area contributed by atoms with Gasteiger partial charge in [0.25, 0.3) is 5.91 Å². The zero-order valence-electron chi connectivity index (χ0n) is 12.3. The number of carbonyl (C=O) groups excluding carboxylic acids is 1. The van der Waals surface area contributed by atoms with Crippen LogP contribution in [0.15, 0.2) is 24.3 Å². The molecular weight excluding hydrogens is 270 g/mol. The minimum absolute atomic E-state index is 0.0341. The Bertz CT molecular complexity index is 508. The molecule has 0 radical (unpaired) electrons. The van der Waals surface area contributed by atoms with Crippen molar-refractivity contribution >= 4 is 11.9 Å². The lowest BCUT2D eigenvalue weighted by atomic mass is 10.1. The fourth-order valence-electron chi connectivity index (χ4n) is 2.20. The van der Waals surface area contributed by atoms with Crippen LogP contribution in [0.1, 0.15) is 31.7 Å². The topological polar surface area (TPSA) is 75.6 Å². The van der Waals surface area contributed by atoms with Crippen LogP contribution in [0.5, 0.6) is 5.75 Å². The summed E-state index contributed by atoms with van der Waals surface area (Å²) in [5, 5.41) is 11.7. The van der Waals surface area contributed by atoms with Gasteiger partial charge < -0.3 is 15.2 Å². The summed E-state index contributed by atoms with van der Waals surface area (Å²) in [5.41, 5.74) is 1.12. The second-order valence-electron chi connectivity index (χ2n) is 5.62. The van der Waals surface area contributed by atoms with Crippen LogP contribution in [0.4, 0.5) is 0 Å². The molecule has 1 aliphatic carbocycles. The zero-order valence-corrected chi connectivity index (χ0v) is 12.3. The van der Waals surface area contributed by atoms with Crippen molar-refractivity contribution in [3.05, 3.63) is 29.8 Å². The molecule has 5 nitrogen and oxygen atoms in total. The lowest BCUT2D eigenvalue weighted by molar-refractivity contribution is -0.138. The van der Waals surface area contributed by atoms with E-state index in [4.69, 9.17) is 9.84 Å². The molecule has 0 saturated heterocycles. The van der Waals surface area contributed by atoms with E-state index >= 15 is 0 Å². The van der Waals surface area contributed by atoms with Crippen LogP contribution >= 0.6 is 0 Å². The molecule has 1 fully saturated rings. The number of carboxylic acid groups (broad SMARTS) is 1. The van der Waals surface area contributed by atoms with Crippen molar-refractivity contribution in [1.29, 1.82) is 0 Å². The maximum atomic E-state index is 12.1. The van der Waals surface area contributed by atoms with Gasteiger partial charge in [-0.05, 0) is 44.7 Å². The molecule has 2 rings (SSSR count). The summed E-state index contributed by atoms with van der Waals surface area (Å²) in [7, 11) is 0. The van der Waals surface area contributed by atoms with Crippen LogP contribution in [0.25, 0.3) is 0 Å². The molecule has 1 amide bonds. The Labute approximate surface area is 124 Å². The summed E-state index contributed by atoms with van der Waals surface area (Å²) in [5.74, 6) is -0.242. The van der Waals surface area contributed by atoms with Crippen LogP contribution in [0.3, 0.4) is 0 Å². The highest BCUT2D eigenvalue weighted by molar-refractivity contribution is 5.81. The van der Waals surface area contributed by atoms with Crippen LogP contribution in [-0.2, 0) is 9.59 Å². The van der Waals surface area contributed by atoms with Crippen molar-refractivity contribution in [2.45, 2.75) is 45.3 Å². The van der Waals surface area contributed by atoms with Crippen LogP contribution < -0.4 is 10.1 Å². The quantitative estimate of drug-likeness (QED) is 0.807. The van der Waals surface area contributed by atoms with Crippen molar-refractivity contribution in [1.82, 2.24) is 5.32 Å². The largest absolute Gasteiger partial charge is 0.481 e. The second-order valence-corrected chi connectivity index (χ2v) is 5.62. The third kappa shape index (κ3) is 4.77. The molecule has 2 unspecified atom stereocenters. The van der Waals surface area contributed by atoms with Gasteiger partial charge in [0.05, 0.1) is 6.42 Å². The van der Waals surface area contributed by atoms with E-state index in [1.807, 2.05) is 31.2 Å². The Hall–Kier alpha value is -2.04. The van der Waals surface area contributed by atoms with Gasteiger partial charge >= 0.3 is 5.97 Å². The molecule has 1 aromatic carbocycles. The number of carbonyl (C=O) groups is 2. The highest BCUT2D eigenvalue weighted by atomic mass is 16.5. The van der Waals surface area contributed by atoms with Gasteiger partial charge in [-0.1, -0.05) is 17.7 Å². The second kappa shape index (κ2) is 6.61. The number of rotatable bonds is 7. The average molecular weight is 291 g/mol. The molecule has 114 valence electrons. The number of ether oxygens (including phenoxy) is 1. The first-order valence-electron chi connectivity index (χ1n) is 7.21. The number of hydrogen-bond acceptors (Lipinski definition) is 3.